The highest BCUT2D eigenvalue weighted by atomic mass is 16.2. The SMILES string of the molecule is CNc1ccc2nc(-c3ccc(C)cc3)c(CN(C)C(=O)CC(C)C)n2c1. The van der Waals surface area contributed by atoms with Crippen molar-refractivity contribution in [2.45, 2.75) is 33.7 Å². The summed E-state index contributed by atoms with van der Waals surface area (Å²) in [6.07, 6.45) is 2.59. The van der Waals surface area contributed by atoms with Crippen LogP contribution in [0, 0.1) is 12.8 Å². The first-order chi connectivity index (χ1) is 12.9. The predicted octanol–water partition coefficient (Wildman–Crippen LogP) is 4.36. The number of hydrogen-bond donors (Lipinski definition) is 1. The second-order valence-corrected chi connectivity index (χ2v) is 7.52. The molecule has 2 aromatic heterocycles. The number of imidazole rings is 1. The van der Waals surface area contributed by atoms with Crippen LogP contribution < -0.4 is 5.32 Å². The normalized spacial score (nSPS) is 11.2. The van der Waals surface area contributed by atoms with Crippen molar-refractivity contribution in [3.63, 3.8) is 0 Å². The van der Waals surface area contributed by atoms with E-state index in [1.807, 2.05) is 32.4 Å². The minimum atomic E-state index is 0.152. The van der Waals surface area contributed by atoms with Crippen molar-refractivity contribution >= 4 is 17.2 Å². The molecule has 0 atom stereocenters. The molecule has 0 aliphatic carbocycles. The Bertz CT molecular complexity index is 941. The highest BCUT2D eigenvalue weighted by molar-refractivity contribution is 5.76. The van der Waals surface area contributed by atoms with Crippen LogP contribution in [0.25, 0.3) is 16.9 Å². The molecule has 0 saturated carbocycles. The zero-order chi connectivity index (χ0) is 19.6. The summed E-state index contributed by atoms with van der Waals surface area (Å²) in [5.74, 6) is 0.495. The van der Waals surface area contributed by atoms with Crippen molar-refractivity contribution in [3.8, 4) is 11.3 Å². The molecule has 0 aliphatic rings. The number of amides is 1. The van der Waals surface area contributed by atoms with Gasteiger partial charge in [0.2, 0.25) is 5.91 Å². The van der Waals surface area contributed by atoms with Crippen LogP contribution in [0.3, 0.4) is 0 Å². The molecule has 5 heteroatoms. The summed E-state index contributed by atoms with van der Waals surface area (Å²) in [6.45, 7) is 6.72. The smallest absolute Gasteiger partial charge is 0.222 e. The summed E-state index contributed by atoms with van der Waals surface area (Å²) in [5.41, 5.74) is 6.11. The Hall–Kier alpha value is -2.82. The molecule has 3 rings (SSSR count). The molecule has 1 aromatic carbocycles. The van der Waals surface area contributed by atoms with Gasteiger partial charge in [0, 0.05) is 32.3 Å². The van der Waals surface area contributed by atoms with Crippen LogP contribution in [0.5, 0.6) is 0 Å². The van der Waals surface area contributed by atoms with Gasteiger partial charge < -0.3 is 10.2 Å². The van der Waals surface area contributed by atoms with Gasteiger partial charge in [0.15, 0.2) is 0 Å². The molecule has 0 spiro atoms. The lowest BCUT2D eigenvalue weighted by molar-refractivity contribution is -0.131. The Labute approximate surface area is 161 Å². The third-order valence-corrected chi connectivity index (χ3v) is 4.73. The molecule has 27 heavy (non-hydrogen) atoms. The number of rotatable bonds is 6. The lowest BCUT2D eigenvalue weighted by Gasteiger charge is -2.19. The maximum atomic E-state index is 12.5. The van der Waals surface area contributed by atoms with E-state index in [1.165, 1.54) is 5.56 Å². The standard InChI is InChI=1S/C22H28N4O/c1-15(2)12-21(27)25(5)14-19-22(17-8-6-16(3)7-9-17)24-20-11-10-18(23-4)13-26(19)20/h6-11,13,15,23H,12,14H2,1-5H3. The second kappa shape index (κ2) is 7.82. The number of fused-ring (bicyclic) bond motifs is 1. The molecule has 3 aromatic rings. The number of carbonyl (C=O) groups excluding carboxylic acids is 1. The Morgan fingerprint density at radius 3 is 2.52 bits per heavy atom. The van der Waals surface area contributed by atoms with Gasteiger partial charge in [0.25, 0.3) is 0 Å². The number of nitrogens with zero attached hydrogens (tertiary/aromatic N) is 3. The molecule has 0 bridgehead atoms. The quantitative estimate of drug-likeness (QED) is 0.707. The topological polar surface area (TPSA) is 49.6 Å². The van der Waals surface area contributed by atoms with Crippen LogP contribution in [0.4, 0.5) is 5.69 Å². The van der Waals surface area contributed by atoms with E-state index >= 15 is 0 Å². The van der Waals surface area contributed by atoms with E-state index in [1.54, 1.807) is 4.90 Å². The van der Waals surface area contributed by atoms with Gasteiger partial charge in [0.1, 0.15) is 5.65 Å². The molecule has 1 amide bonds. The van der Waals surface area contributed by atoms with Crippen molar-refractivity contribution in [1.82, 2.24) is 14.3 Å². The van der Waals surface area contributed by atoms with Crippen LogP contribution in [0.1, 0.15) is 31.5 Å². The number of benzene rings is 1. The fraction of sp³-hybridized carbons (Fsp3) is 0.364. The first kappa shape index (κ1) is 19.0. The Morgan fingerprint density at radius 1 is 1.19 bits per heavy atom. The van der Waals surface area contributed by atoms with Crippen molar-refractivity contribution < 1.29 is 4.79 Å². The van der Waals surface area contributed by atoms with E-state index < -0.39 is 0 Å². The summed E-state index contributed by atoms with van der Waals surface area (Å²) < 4.78 is 2.08. The largest absolute Gasteiger partial charge is 0.387 e. The predicted molar refractivity (Wildman–Crippen MR) is 111 cm³/mol. The number of nitrogens with one attached hydrogen (secondary N) is 1. The van der Waals surface area contributed by atoms with Crippen LogP contribution in [0.2, 0.25) is 0 Å². The van der Waals surface area contributed by atoms with Crippen LogP contribution >= 0.6 is 0 Å². The lowest BCUT2D eigenvalue weighted by Crippen LogP contribution is -2.28. The maximum absolute atomic E-state index is 12.5. The third kappa shape index (κ3) is 4.13. The summed E-state index contributed by atoms with van der Waals surface area (Å²) >= 11 is 0. The van der Waals surface area contributed by atoms with Crippen LogP contribution in [-0.4, -0.2) is 34.3 Å². The molecule has 5 nitrogen and oxygen atoms in total. The molecule has 0 radical (unpaired) electrons. The van der Waals surface area contributed by atoms with Gasteiger partial charge >= 0.3 is 0 Å². The van der Waals surface area contributed by atoms with Crippen molar-refractivity contribution in [2.24, 2.45) is 5.92 Å². The third-order valence-electron chi connectivity index (χ3n) is 4.73. The molecular formula is C22H28N4O. The molecule has 142 valence electrons. The number of pyridine rings is 1. The van der Waals surface area contributed by atoms with Gasteiger partial charge in [0.05, 0.1) is 23.6 Å². The molecule has 0 fully saturated rings. The molecule has 0 unspecified atom stereocenters. The molecule has 0 aliphatic heterocycles. The summed E-state index contributed by atoms with van der Waals surface area (Å²) in [4.78, 5) is 19.2. The van der Waals surface area contributed by atoms with Gasteiger partial charge in [-0.3, -0.25) is 9.20 Å². The highest BCUT2D eigenvalue weighted by Crippen LogP contribution is 2.27. The zero-order valence-corrected chi connectivity index (χ0v) is 16.8. The molecular weight excluding hydrogens is 336 g/mol. The average Bonchev–Trinajstić information content (AvgIpc) is 2.99. The average molecular weight is 364 g/mol. The Morgan fingerprint density at radius 2 is 1.89 bits per heavy atom. The monoisotopic (exact) mass is 364 g/mol. The Kier molecular flexibility index (Phi) is 5.49. The first-order valence-electron chi connectivity index (χ1n) is 9.38. The minimum absolute atomic E-state index is 0.152. The van der Waals surface area contributed by atoms with Gasteiger partial charge in [-0.2, -0.15) is 0 Å². The zero-order valence-electron chi connectivity index (χ0n) is 16.8. The molecule has 0 saturated heterocycles. The number of hydrogen-bond acceptors (Lipinski definition) is 3. The van der Waals surface area contributed by atoms with Gasteiger partial charge in [-0.15, -0.1) is 0 Å². The lowest BCUT2D eigenvalue weighted by atomic mass is 10.1. The Balaban J connectivity index is 2.07. The van der Waals surface area contributed by atoms with E-state index in [0.717, 1.165) is 28.3 Å². The van der Waals surface area contributed by atoms with Crippen molar-refractivity contribution in [2.75, 3.05) is 19.4 Å². The van der Waals surface area contributed by atoms with Crippen LogP contribution in [-0.2, 0) is 11.3 Å². The number of anilines is 1. The van der Waals surface area contributed by atoms with Gasteiger partial charge in [-0.1, -0.05) is 43.7 Å². The summed E-state index contributed by atoms with van der Waals surface area (Å²) in [6, 6.07) is 12.4. The number of aromatic nitrogens is 2. The van der Waals surface area contributed by atoms with Gasteiger partial charge in [-0.05, 0) is 25.0 Å². The van der Waals surface area contributed by atoms with E-state index in [-0.39, 0.29) is 5.91 Å². The fourth-order valence-corrected chi connectivity index (χ4v) is 3.15. The van der Waals surface area contributed by atoms with E-state index in [2.05, 4.69) is 54.8 Å². The maximum Gasteiger partial charge on any atom is 0.222 e. The van der Waals surface area contributed by atoms with Crippen LogP contribution in [0.15, 0.2) is 42.6 Å². The van der Waals surface area contributed by atoms with E-state index in [9.17, 15) is 4.79 Å². The second-order valence-electron chi connectivity index (χ2n) is 7.52. The number of carbonyl (C=O) groups is 1. The molecule has 2 heterocycles. The summed E-state index contributed by atoms with van der Waals surface area (Å²) in [7, 11) is 3.77. The minimum Gasteiger partial charge on any atom is -0.387 e. The van der Waals surface area contributed by atoms with E-state index in [0.29, 0.717) is 18.9 Å². The molecule has 1 N–H and O–H groups in total. The first-order valence-corrected chi connectivity index (χ1v) is 9.38. The number of aryl methyl sites for hydroxylation is 1. The highest BCUT2D eigenvalue weighted by Gasteiger charge is 2.19. The van der Waals surface area contributed by atoms with Crippen molar-refractivity contribution in [3.05, 3.63) is 53.9 Å². The van der Waals surface area contributed by atoms with Gasteiger partial charge in [-0.25, -0.2) is 4.98 Å². The van der Waals surface area contributed by atoms with E-state index in [4.69, 9.17) is 4.98 Å². The summed E-state index contributed by atoms with van der Waals surface area (Å²) in [5, 5.41) is 3.18. The van der Waals surface area contributed by atoms with Crippen molar-refractivity contribution in [1.29, 1.82) is 0 Å². The fourth-order valence-electron chi connectivity index (χ4n) is 3.15.